The van der Waals surface area contributed by atoms with Crippen LogP contribution in [0.25, 0.3) is 0 Å². The van der Waals surface area contributed by atoms with Crippen molar-refractivity contribution in [2.75, 3.05) is 13.1 Å². The lowest BCUT2D eigenvalue weighted by Crippen LogP contribution is -2.27. The molecule has 2 rings (SSSR count). The SMILES string of the molecule is Cc1c(C2CCNCC2)cccc1S(N)(=O)=O. The molecule has 1 fully saturated rings. The normalized spacial score (nSPS) is 18.2. The molecular formula is C12H18N2O2S. The van der Waals surface area contributed by atoms with E-state index in [0.717, 1.165) is 37.1 Å². The summed E-state index contributed by atoms with van der Waals surface area (Å²) in [7, 11) is -3.61. The first-order chi connectivity index (χ1) is 8.00. The molecule has 0 radical (unpaired) electrons. The first-order valence-electron chi connectivity index (χ1n) is 5.83. The highest BCUT2D eigenvalue weighted by atomic mass is 32.2. The zero-order chi connectivity index (χ0) is 12.5. The van der Waals surface area contributed by atoms with Crippen molar-refractivity contribution in [1.29, 1.82) is 0 Å². The lowest BCUT2D eigenvalue weighted by molar-refractivity contribution is 0.458. The minimum Gasteiger partial charge on any atom is -0.317 e. The number of sulfonamides is 1. The van der Waals surface area contributed by atoms with E-state index in [1.165, 1.54) is 0 Å². The van der Waals surface area contributed by atoms with Crippen LogP contribution in [0.15, 0.2) is 23.1 Å². The van der Waals surface area contributed by atoms with Crippen LogP contribution < -0.4 is 10.5 Å². The molecule has 0 spiro atoms. The van der Waals surface area contributed by atoms with Gasteiger partial charge in [-0.05, 0) is 56.0 Å². The molecule has 1 saturated heterocycles. The van der Waals surface area contributed by atoms with Gasteiger partial charge >= 0.3 is 0 Å². The van der Waals surface area contributed by atoms with Crippen LogP contribution in [0.2, 0.25) is 0 Å². The molecule has 1 aromatic rings. The Morgan fingerprint density at radius 1 is 1.29 bits per heavy atom. The maximum absolute atomic E-state index is 11.5. The van der Waals surface area contributed by atoms with E-state index < -0.39 is 10.0 Å². The minimum absolute atomic E-state index is 0.258. The number of nitrogens with two attached hydrogens (primary N) is 1. The van der Waals surface area contributed by atoms with Crippen molar-refractivity contribution in [3.8, 4) is 0 Å². The Hall–Kier alpha value is -0.910. The Morgan fingerprint density at radius 2 is 1.94 bits per heavy atom. The predicted octanol–water partition coefficient (Wildman–Crippen LogP) is 1.11. The number of nitrogens with one attached hydrogen (secondary N) is 1. The molecule has 94 valence electrons. The third-order valence-electron chi connectivity index (χ3n) is 3.41. The summed E-state index contributed by atoms with van der Waals surface area (Å²) in [4.78, 5) is 0.258. The Balaban J connectivity index is 2.42. The molecule has 0 atom stereocenters. The molecule has 5 heteroatoms. The summed E-state index contributed by atoms with van der Waals surface area (Å²) in [5, 5.41) is 8.52. The highest BCUT2D eigenvalue weighted by Gasteiger charge is 2.20. The van der Waals surface area contributed by atoms with Crippen LogP contribution in [0.5, 0.6) is 0 Å². The maximum Gasteiger partial charge on any atom is 0.238 e. The Bertz CT molecular complexity index is 505. The first-order valence-corrected chi connectivity index (χ1v) is 7.38. The number of benzene rings is 1. The second-order valence-electron chi connectivity index (χ2n) is 4.54. The number of piperidine rings is 1. The number of rotatable bonds is 2. The summed E-state index contributed by atoms with van der Waals surface area (Å²) >= 11 is 0. The molecule has 1 aliphatic rings. The smallest absolute Gasteiger partial charge is 0.238 e. The number of hydrogen-bond donors (Lipinski definition) is 2. The summed E-state index contributed by atoms with van der Waals surface area (Å²) in [5.41, 5.74) is 1.93. The van der Waals surface area contributed by atoms with Crippen LogP contribution in [0.4, 0.5) is 0 Å². The van der Waals surface area contributed by atoms with E-state index in [1.807, 2.05) is 13.0 Å². The van der Waals surface area contributed by atoms with Gasteiger partial charge in [0.15, 0.2) is 0 Å². The molecule has 3 N–H and O–H groups in total. The molecular weight excluding hydrogens is 236 g/mol. The van der Waals surface area contributed by atoms with Gasteiger partial charge in [-0.2, -0.15) is 0 Å². The minimum atomic E-state index is -3.61. The monoisotopic (exact) mass is 254 g/mol. The van der Waals surface area contributed by atoms with E-state index in [1.54, 1.807) is 12.1 Å². The molecule has 0 aliphatic carbocycles. The van der Waals surface area contributed by atoms with Crippen LogP contribution in [0.1, 0.15) is 29.9 Å². The Labute approximate surface area is 102 Å². The second kappa shape index (κ2) is 4.76. The zero-order valence-corrected chi connectivity index (χ0v) is 10.8. The van der Waals surface area contributed by atoms with Gasteiger partial charge in [0.2, 0.25) is 10.0 Å². The van der Waals surface area contributed by atoms with Gasteiger partial charge < -0.3 is 5.32 Å². The number of hydrogen-bond acceptors (Lipinski definition) is 3. The van der Waals surface area contributed by atoms with Gasteiger partial charge in [-0.1, -0.05) is 12.1 Å². The molecule has 0 amide bonds. The van der Waals surface area contributed by atoms with E-state index in [4.69, 9.17) is 5.14 Å². The van der Waals surface area contributed by atoms with Crippen molar-refractivity contribution >= 4 is 10.0 Å². The van der Waals surface area contributed by atoms with Gasteiger partial charge in [-0.3, -0.25) is 0 Å². The van der Waals surface area contributed by atoms with Crippen molar-refractivity contribution in [1.82, 2.24) is 5.32 Å². The van der Waals surface area contributed by atoms with Gasteiger partial charge in [0.05, 0.1) is 4.90 Å². The fourth-order valence-corrected chi connectivity index (χ4v) is 3.33. The molecule has 4 nitrogen and oxygen atoms in total. The standard InChI is InChI=1S/C12H18N2O2S/c1-9-11(10-5-7-14-8-6-10)3-2-4-12(9)17(13,15)16/h2-4,10,14H,5-8H2,1H3,(H2,13,15,16). The van der Waals surface area contributed by atoms with Crippen molar-refractivity contribution < 1.29 is 8.42 Å². The molecule has 1 aliphatic heterocycles. The molecule has 0 unspecified atom stereocenters. The molecule has 1 heterocycles. The third kappa shape index (κ3) is 2.68. The lowest BCUT2D eigenvalue weighted by Gasteiger charge is -2.25. The Morgan fingerprint density at radius 3 is 2.53 bits per heavy atom. The van der Waals surface area contributed by atoms with Gasteiger partial charge in [-0.15, -0.1) is 0 Å². The molecule has 1 aromatic carbocycles. The van der Waals surface area contributed by atoms with E-state index in [-0.39, 0.29) is 4.90 Å². The largest absolute Gasteiger partial charge is 0.317 e. The van der Waals surface area contributed by atoms with Crippen molar-refractivity contribution in [3.63, 3.8) is 0 Å². The van der Waals surface area contributed by atoms with Crippen LogP contribution in [-0.4, -0.2) is 21.5 Å². The maximum atomic E-state index is 11.5. The molecule has 0 bridgehead atoms. The van der Waals surface area contributed by atoms with Gasteiger partial charge in [0.25, 0.3) is 0 Å². The highest BCUT2D eigenvalue weighted by molar-refractivity contribution is 7.89. The predicted molar refractivity (Wildman–Crippen MR) is 67.4 cm³/mol. The van der Waals surface area contributed by atoms with E-state index in [2.05, 4.69) is 5.32 Å². The topological polar surface area (TPSA) is 72.2 Å². The second-order valence-corrected chi connectivity index (χ2v) is 6.07. The number of primary sulfonamides is 1. The van der Waals surface area contributed by atoms with Crippen LogP contribution in [0, 0.1) is 6.92 Å². The van der Waals surface area contributed by atoms with Crippen molar-refractivity contribution in [2.24, 2.45) is 5.14 Å². The average Bonchev–Trinajstić information content (AvgIpc) is 2.29. The van der Waals surface area contributed by atoms with Crippen molar-refractivity contribution in [2.45, 2.75) is 30.6 Å². The van der Waals surface area contributed by atoms with E-state index in [9.17, 15) is 8.42 Å². The summed E-state index contributed by atoms with van der Waals surface area (Å²) in [6, 6.07) is 5.37. The molecule has 0 saturated carbocycles. The van der Waals surface area contributed by atoms with Gasteiger partial charge in [0.1, 0.15) is 0 Å². The third-order valence-corrected chi connectivity index (χ3v) is 4.47. The Kier molecular flexibility index (Phi) is 3.51. The summed E-state index contributed by atoms with van der Waals surface area (Å²) in [5.74, 6) is 0.443. The fraction of sp³-hybridized carbons (Fsp3) is 0.500. The molecule has 0 aromatic heterocycles. The zero-order valence-electron chi connectivity index (χ0n) is 9.94. The van der Waals surface area contributed by atoms with Gasteiger partial charge in [0, 0.05) is 0 Å². The van der Waals surface area contributed by atoms with E-state index >= 15 is 0 Å². The van der Waals surface area contributed by atoms with E-state index in [0.29, 0.717) is 5.92 Å². The quantitative estimate of drug-likeness (QED) is 0.830. The average molecular weight is 254 g/mol. The summed E-state index contributed by atoms with van der Waals surface area (Å²) in [6.45, 7) is 3.82. The molecule has 17 heavy (non-hydrogen) atoms. The van der Waals surface area contributed by atoms with Gasteiger partial charge in [-0.25, -0.2) is 13.6 Å². The van der Waals surface area contributed by atoms with Crippen LogP contribution in [-0.2, 0) is 10.0 Å². The first kappa shape index (κ1) is 12.5. The highest BCUT2D eigenvalue weighted by Crippen LogP contribution is 2.30. The van der Waals surface area contributed by atoms with Crippen molar-refractivity contribution in [3.05, 3.63) is 29.3 Å². The fourth-order valence-electron chi connectivity index (χ4n) is 2.51. The lowest BCUT2D eigenvalue weighted by atomic mass is 9.87. The van der Waals surface area contributed by atoms with Crippen LogP contribution >= 0.6 is 0 Å². The van der Waals surface area contributed by atoms with Crippen LogP contribution in [0.3, 0.4) is 0 Å². The summed E-state index contributed by atoms with van der Waals surface area (Å²) < 4.78 is 22.9. The summed E-state index contributed by atoms with van der Waals surface area (Å²) in [6.07, 6.45) is 2.10.